The van der Waals surface area contributed by atoms with E-state index in [0.717, 1.165) is 31.8 Å². The molecule has 21 heavy (non-hydrogen) atoms. The highest BCUT2D eigenvalue weighted by Gasteiger charge is 2.41. The summed E-state index contributed by atoms with van der Waals surface area (Å²) in [6.07, 6.45) is 7.02. The molecular formula is C17H32N2O2. The number of aliphatic carboxylic acids is 1. The first-order chi connectivity index (χ1) is 9.72. The lowest BCUT2D eigenvalue weighted by Crippen LogP contribution is -2.55. The first-order valence-corrected chi connectivity index (χ1v) is 8.49. The predicted octanol–water partition coefficient (Wildman–Crippen LogP) is 2.86. The molecule has 3 atom stereocenters. The van der Waals surface area contributed by atoms with E-state index in [0.29, 0.717) is 24.3 Å². The van der Waals surface area contributed by atoms with Crippen molar-refractivity contribution in [1.82, 2.24) is 4.90 Å². The Hall–Kier alpha value is -0.610. The molecule has 0 amide bonds. The SMILES string of the molecule is CC(C)(C)C1CCCN(C2CCCC(N)(C(=O)O)C2)CC1. The lowest BCUT2D eigenvalue weighted by Gasteiger charge is -2.40. The zero-order chi connectivity index (χ0) is 15.7. The normalized spacial score (nSPS) is 36.2. The molecule has 0 radical (unpaired) electrons. The number of nitrogens with zero attached hydrogens (tertiary/aromatic N) is 1. The molecule has 2 aliphatic rings. The van der Waals surface area contributed by atoms with Gasteiger partial charge in [0.05, 0.1) is 0 Å². The van der Waals surface area contributed by atoms with Crippen molar-refractivity contribution in [2.75, 3.05) is 13.1 Å². The highest BCUT2D eigenvalue weighted by molar-refractivity contribution is 5.78. The molecule has 0 aromatic rings. The number of carbonyl (C=O) groups is 1. The predicted molar refractivity (Wildman–Crippen MR) is 85.2 cm³/mol. The van der Waals surface area contributed by atoms with Gasteiger partial charge in [-0.1, -0.05) is 20.8 Å². The van der Waals surface area contributed by atoms with Crippen molar-refractivity contribution in [3.8, 4) is 0 Å². The van der Waals surface area contributed by atoms with E-state index in [2.05, 4.69) is 25.7 Å². The molecule has 2 fully saturated rings. The second-order valence-electron chi connectivity index (χ2n) is 8.24. The second kappa shape index (κ2) is 6.25. The Morgan fingerprint density at radius 3 is 2.52 bits per heavy atom. The van der Waals surface area contributed by atoms with Crippen LogP contribution in [0.25, 0.3) is 0 Å². The fraction of sp³-hybridized carbons (Fsp3) is 0.941. The number of hydrogen-bond acceptors (Lipinski definition) is 3. The summed E-state index contributed by atoms with van der Waals surface area (Å²) >= 11 is 0. The topological polar surface area (TPSA) is 66.6 Å². The van der Waals surface area contributed by atoms with Crippen LogP contribution in [0.2, 0.25) is 0 Å². The molecule has 1 aliphatic heterocycles. The summed E-state index contributed by atoms with van der Waals surface area (Å²) in [4.78, 5) is 13.9. The Morgan fingerprint density at radius 2 is 1.90 bits per heavy atom. The summed E-state index contributed by atoms with van der Waals surface area (Å²) < 4.78 is 0. The van der Waals surface area contributed by atoms with Crippen LogP contribution in [0.4, 0.5) is 0 Å². The molecule has 2 rings (SSSR count). The van der Waals surface area contributed by atoms with Gasteiger partial charge in [-0.15, -0.1) is 0 Å². The average molecular weight is 296 g/mol. The molecule has 122 valence electrons. The minimum absolute atomic E-state index is 0.360. The number of carboxylic acid groups (broad SMARTS) is 1. The molecule has 1 saturated heterocycles. The van der Waals surface area contributed by atoms with E-state index in [-0.39, 0.29) is 0 Å². The van der Waals surface area contributed by atoms with E-state index in [1.807, 2.05) is 0 Å². The van der Waals surface area contributed by atoms with Crippen LogP contribution < -0.4 is 5.73 Å². The third-order valence-electron chi connectivity index (χ3n) is 5.69. The monoisotopic (exact) mass is 296 g/mol. The van der Waals surface area contributed by atoms with Crippen LogP contribution in [-0.2, 0) is 4.79 Å². The van der Waals surface area contributed by atoms with Crippen molar-refractivity contribution < 1.29 is 9.90 Å². The molecule has 1 heterocycles. The standard InChI is InChI=1S/C17H32N2O2/c1-16(2,3)13-6-5-10-19(11-8-13)14-7-4-9-17(18,12-14)15(20)21/h13-14H,4-12,18H2,1-3H3,(H,20,21). The third kappa shape index (κ3) is 3.98. The van der Waals surface area contributed by atoms with Gasteiger partial charge < -0.3 is 15.7 Å². The number of likely N-dealkylation sites (tertiary alicyclic amines) is 1. The largest absolute Gasteiger partial charge is 0.480 e. The Labute approximate surface area is 129 Å². The van der Waals surface area contributed by atoms with Crippen molar-refractivity contribution >= 4 is 5.97 Å². The first-order valence-electron chi connectivity index (χ1n) is 8.49. The quantitative estimate of drug-likeness (QED) is 0.822. The van der Waals surface area contributed by atoms with Gasteiger partial charge in [0.2, 0.25) is 0 Å². The number of rotatable bonds is 2. The molecule has 0 spiro atoms. The van der Waals surface area contributed by atoms with Crippen LogP contribution in [0, 0.1) is 11.3 Å². The third-order valence-corrected chi connectivity index (χ3v) is 5.69. The molecule has 0 aromatic carbocycles. The summed E-state index contributed by atoms with van der Waals surface area (Å²) in [6.45, 7) is 9.21. The van der Waals surface area contributed by atoms with Gasteiger partial charge in [0.25, 0.3) is 0 Å². The van der Waals surface area contributed by atoms with E-state index in [9.17, 15) is 9.90 Å². The Balaban J connectivity index is 1.98. The van der Waals surface area contributed by atoms with Crippen LogP contribution in [-0.4, -0.2) is 40.6 Å². The molecule has 0 aromatic heterocycles. The number of carboxylic acids is 1. The Kier molecular flexibility index (Phi) is 4.99. The van der Waals surface area contributed by atoms with Crippen molar-refractivity contribution in [2.45, 2.75) is 77.3 Å². The highest BCUT2D eigenvalue weighted by atomic mass is 16.4. The zero-order valence-electron chi connectivity index (χ0n) is 13.9. The molecule has 0 bridgehead atoms. The minimum atomic E-state index is -1.00. The maximum absolute atomic E-state index is 11.4. The van der Waals surface area contributed by atoms with Gasteiger partial charge >= 0.3 is 5.97 Å². The van der Waals surface area contributed by atoms with Crippen LogP contribution >= 0.6 is 0 Å². The van der Waals surface area contributed by atoms with Gasteiger partial charge in [0.15, 0.2) is 0 Å². The summed E-state index contributed by atoms with van der Waals surface area (Å²) in [6, 6.07) is 0.360. The first kappa shape index (κ1) is 16.8. The molecule has 1 aliphatic carbocycles. The van der Waals surface area contributed by atoms with Gasteiger partial charge in [0, 0.05) is 6.04 Å². The van der Waals surface area contributed by atoms with E-state index in [4.69, 9.17) is 5.73 Å². The molecule has 3 N–H and O–H groups in total. The van der Waals surface area contributed by atoms with Crippen LogP contribution in [0.1, 0.15) is 65.7 Å². The van der Waals surface area contributed by atoms with Crippen molar-refractivity contribution in [1.29, 1.82) is 0 Å². The average Bonchev–Trinajstić information content (AvgIpc) is 2.63. The summed E-state index contributed by atoms with van der Waals surface area (Å²) in [5.74, 6) is -0.0530. The van der Waals surface area contributed by atoms with E-state index >= 15 is 0 Å². The van der Waals surface area contributed by atoms with Gasteiger partial charge in [-0.3, -0.25) is 4.79 Å². The summed E-state index contributed by atoms with van der Waals surface area (Å²) in [7, 11) is 0. The van der Waals surface area contributed by atoms with Crippen LogP contribution in [0.5, 0.6) is 0 Å². The maximum atomic E-state index is 11.4. The Bertz CT molecular complexity index is 377. The lowest BCUT2D eigenvalue weighted by molar-refractivity contribution is -0.145. The molecule has 4 heteroatoms. The highest BCUT2D eigenvalue weighted by Crippen LogP contribution is 2.36. The van der Waals surface area contributed by atoms with Crippen molar-refractivity contribution in [2.24, 2.45) is 17.1 Å². The zero-order valence-corrected chi connectivity index (χ0v) is 13.9. The number of hydrogen-bond donors (Lipinski definition) is 2. The fourth-order valence-electron chi connectivity index (χ4n) is 4.13. The van der Waals surface area contributed by atoms with Gasteiger partial charge in [-0.05, 0) is 69.4 Å². The maximum Gasteiger partial charge on any atom is 0.323 e. The van der Waals surface area contributed by atoms with E-state index in [1.165, 1.54) is 19.3 Å². The summed E-state index contributed by atoms with van der Waals surface area (Å²) in [5.41, 5.74) is 5.48. The van der Waals surface area contributed by atoms with E-state index in [1.54, 1.807) is 0 Å². The molecule has 1 saturated carbocycles. The van der Waals surface area contributed by atoms with Crippen molar-refractivity contribution in [3.05, 3.63) is 0 Å². The lowest BCUT2D eigenvalue weighted by atomic mass is 9.76. The minimum Gasteiger partial charge on any atom is -0.480 e. The Morgan fingerprint density at radius 1 is 1.19 bits per heavy atom. The molecule has 3 unspecified atom stereocenters. The van der Waals surface area contributed by atoms with Gasteiger partial charge in [-0.2, -0.15) is 0 Å². The van der Waals surface area contributed by atoms with Gasteiger partial charge in [0.1, 0.15) is 5.54 Å². The fourth-order valence-corrected chi connectivity index (χ4v) is 4.13. The molecular weight excluding hydrogens is 264 g/mol. The van der Waals surface area contributed by atoms with Crippen molar-refractivity contribution in [3.63, 3.8) is 0 Å². The second-order valence-corrected chi connectivity index (χ2v) is 8.24. The number of nitrogens with two attached hydrogens (primary N) is 1. The van der Waals surface area contributed by atoms with Gasteiger partial charge in [-0.25, -0.2) is 0 Å². The summed E-state index contributed by atoms with van der Waals surface area (Å²) in [5, 5.41) is 9.37. The van der Waals surface area contributed by atoms with E-state index < -0.39 is 11.5 Å². The molecule has 4 nitrogen and oxygen atoms in total. The smallest absolute Gasteiger partial charge is 0.323 e. The van der Waals surface area contributed by atoms with Crippen LogP contribution in [0.3, 0.4) is 0 Å². The van der Waals surface area contributed by atoms with Crippen LogP contribution in [0.15, 0.2) is 0 Å².